The quantitative estimate of drug-likeness (QED) is 0.828. The van der Waals surface area contributed by atoms with E-state index in [2.05, 4.69) is 55.8 Å². The topological polar surface area (TPSA) is 26.2 Å². The van der Waals surface area contributed by atoms with Crippen molar-refractivity contribution in [3.8, 4) is 11.4 Å². The Bertz CT molecular complexity index is 597. The SMILES string of the molecule is CCOc1ccc(-n2c(C)cc(CNCC(C)C)c2C)cc1. The van der Waals surface area contributed by atoms with Crippen molar-refractivity contribution >= 4 is 0 Å². The van der Waals surface area contributed by atoms with Crippen LogP contribution in [0.2, 0.25) is 0 Å². The van der Waals surface area contributed by atoms with Gasteiger partial charge in [-0.3, -0.25) is 0 Å². The van der Waals surface area contributed by atoms with Gasteiger partial charge in [-0.25, -0.2) is 0 Å². The van der Waals surface area contributed by atoms with Crippen molar-refractivity contribution < 1.29 is 4.74 Å². The van der Waals surface area contributed by atoms with Gasteiger partial charge in [0.25, 0.3) is 0 Å². The van der Waals surface area contributed by atoms with Gasteiger partial charge in [-0.05, 0) is 69.1 Å². The Hall–Kier alpha value is -1.74. The molecule has 0 atom stereocenters. The van der Waals surface area contributed by atoms with Crippen molar-refractivity contribution in [1.29, 1.82) is 0 Å². The molecular formula is C19H28N2O. The highest BCUT2D eigenvalue weighted by Crippen LogP contribution is 2.22. The van der Waals surface area contributed by atoms with E-state index in [0.717, 1.165) is 18.8 Å². The van der Waals surface area contributed by atoms with E-state index in [1.54, 1.807) is 0 Å². The van der Waals surface area contributed by atoms with Gasteiger partial charge in [0.05, 0.1) is 6.61 Å². The first-order valence-corrected chi connectivity index (χ1v) is 8.14. The maximum Gasteiger partial charge on any atom is 0.119 e. The summed E-state index contributed by atoms with van der Waals surface area (Å²) < 4.78 is 7.83. The van der Waals surface area contributed by atoms with E-state index in [4.69, 9.17) is 4.74 Å². The minimum Gasteiger partial charge on any atom is -0.494 e. The van der Waals surface area contributed by atoms with E-state index >= 15 is 0 Å². The van der Waals surface area contributed by atoms with Crippen molar-refractivity contribution in [2.24, 2.45) is 5.92 Å². The summed E-state index contributed by atoms with van der Waals surface area (Å²) in [5.41, 5.74) is 5.13. The zero-order valence-corrected chi connectivity index (χ0v) is 14.4. The van der Waals surface area contributed by atoms with E-state index in [9.17, 15) is 0 Å². The second-order valence-electron chi connectivity index (χ2n) is 6.18. The predicted octanol–water partition coefficient (Wildman–Crippen LogP) is 4.24. The van der Waals surface area contributed by atoms with Crippen molar-refractivity contribution in [1.82, 2.24) is 9.88 Å². The zero-order valence-electron chi connectivity index (χ0n) is 14.4. The molecule has 0 saturated carbocycles. The Morgan fingerprint density at radius 1 is 1.14 bits per heavy atom. The number of rotatable bonds is 7. The van der Waals surface area contributed by atoms with Gasteiger partial charge in [-0.15, -0.1) is 0 Å². The van der Waals surface area contributed by atoms with Gasteiger partial charge >= 0.3 is 0 Å². The standard InChI is InChI=1S/C19H28N2O/c1-6-22-19-9-7-18(8-10-19)21-15(4)11-17(16(21)5)13-20-12-14(2)3/h7-11,14,20H,6,12-13H2,1-5H3. The van der Waals surface area contributed by atoms with Crippen LogP contribution in [0.5, 0.6) is 5.75 Å². The molecule has 0 unspecified atom stereocenters. The highest BCUT2D eigenvalue weighted by molar-refractivity contribution is 5.43. The summed E-state index contributed by atoms with van der Waals surface area (Å²) in [5.74, 6) is 1.60. The number of benzene rings is 1. The lowest BCUT2D eigenvalue weighted by Crippen LogP contribution is -2.19. The minimum absolute atomic E-state index is 0.676. The lowest BCUT2D eigenvalue weighted by molar-refractivity contribution is 0.340. The maximum absolute atomic E-state index is 5.52. The van der Waals surface area contributed by atoms with Crippen molar-refractivity contribution in [2.45, 2.75) is 41.2 Å². The molecule has 120 valence electrons. The van der Waals surface area contributed by atoms with Gasteiger partial charge in [0.1, 0.15) is 5.75 Å². The Labute approximate surface area is 134 Å². The third kappa shape index (κ3) is 3.92. The number of nitrogens with one attached hydrogen (secondary N) is 1. The molecule has 22 heavy (non-hydrogen) atoms. The normalized spacial score (nSPS) is 11.2. The Kier molecular flexibility index (Phi) is 5.67. The van der Waals surface area contributed by atoms with E-state index in [0.29, 0.717) is 12.5 Å². The fraction of sp³-hybridized carbons (Fsp3) is 0.474. The number of ether oxygens (including phenoxy) is 1. The lowest BCUT2D eigenvalue weighted by Gasteiger charge is -2.12. The molecule has 3 heteroatoms. The number of hydrogen-bond acceptors (Lipinski definition) is 2. The lowest BCUT2D eigenvalue weighted by atomic mass is 10.2. The second kappa shape index (κ2) is 7.50. The molecule has 0 fully saturated rings. The Balaban J connectivity index is 2.18. The molecule has 1 N–H and O–H groups in total. The molecule has 3 nitrogen and oxygen atoms in total. The summed E-state index contributed by atoms with van der Waals surface area (Å²) in [6.45, 7) is 13.5. The molecule has 0 amide bonds. The van der Waals surface area contributed by atoms with Gasteiger partial charge in [-0.2, -0.15) is 0 Å². The van der Waals surface area contributed by atoms with E-state index in [1.165, 1.54) is 22.6 Å². The summed E-state index contributed by atoms with van der Waals surface area (Å²) >= 11 is 0. The van der Waals surface area contributed by atoms with Gasteiger partial charge in [0, 0.05) is 23.6 Å². The summed E-state index contributed by atoms with van der Waals surface area (Å²) in [5, 5.41) is 3.53. The first kappa shape index (κ1) is 16.6. The van der Waals surface area contributed by atoms with Crippen LogP contribution < -0.4 is 10.1 Å². The van der Waals surface area contributed by atoms with Gasteiger partial charge in [-0.1, -0.05) is 13.8 Å². The van der Waals surface area contributed by atoms with Crippen LogP contribution in [0.3, 0.4) is 0 Å². The molecule has 0 aliphatic carbocycles. The highest BCUT2D eigenvalue weighted by atomic mass is 16.5. The predicted molar refractivity (Wildman–Crippen MR) is 93.0 cm³/mol. The third-order valence-corrected chi connectivity index (χ3v) is 3.81. The molecule has 1 aromatic carbocycles. The number of nitrogens with zero attached hydrogens (tertiary/aromatic N) is 1. The number of hydrogen-bond donors (Lipinski definition) is 1. The molecule has 0 spiro atoms. The molecule has 1 aromatic heterocycles. The van der Waals surface area contributed by atoms with Crippen LogP contribution >= 0.6 is 0 Å². The summed E-state index contributed by atoms with van der Waals surface area (Å²) in [6.07, 6.45) is 0. The summed E-state index contributed by atoms with van der Waals surface area (Å²) in [6, 6.07) is 10.6. The van der Waals surface area contributed by atoms with Crippen molar-refractivity contribution in [3.05, 3.63) is 47.3 Å². The van der Waals surface area contributed by atoms with Gasteiger partial charge < -0.3 is 14.6 Å². The number of aromatic nitrogens is 1. The van der Waals surface area contributed by atoms with Crippen molar-refractivity contribution in [3.63, 3.8) is 0 Å². The average Bonchev–Trinajstić information content (AvgIpc) is 2.75. The summed E-state index contributed by atoms with van der Waals surface area (Å²) in [4.78, 5) is 0. The fourth-order valence-electron chi connectivity index (χ4n) is 2.76. The van der Waals surface area contributed by atoms with Crippen LogP contribution in [-0.4, -0.2) is 17.7 Å². The molecule has 2 aromatic rings. The molecule has 2 rings (SSSR count). The Morgan fingerprint density at radius 2 is 1.82 bits per heavy atom. The molecule has 0 radical (unpaired) electrons. The van der Waals surface area contributed by atoms with Crippen LogP contribution in [-0.2, 0) is 6.54 Å². The Morgan fingerprint density at radius 3 is 2.41 bits per heavy atom. The fourth-order valence-corrected chi connectivity index (χ4v) is 2.76. The van der Waals surface area contributed by atoms with Crippen LogP contribution in [0.4, 0.5) is 0 Å². The first-order valence-electron chi connectivity index (χ1n) is 8.14. The first-order chi connectivity index (χ1) is 10.5. The minimum atomic E-state index is 0.676. The molecule has 0 aliphatic rings. The van der Waals surface area contributed by atoms with Crippen LogP contribution in [0, 0.1) is 19.8 Å². The van der Waals surface area contributed by atoms with E-state index < -0.39 is 0 Å². The largest absolute Gasteiger partial charge is 0.494 e. The van der Waals surface area contributed by atoms with Crippen LogP contribution in [0.15, 0.2) is 30.3 Å². The molecule has 1 heterocycles. The average molecular weight is 300 g/mol. The van der Waals surface area contributed by atoms with Crippen LogP contribution in [0.1, 0.15) is 37.7 Å². The van der Waals surface area contributed by atoms with Gasteiger partial charge in [0.15, 0.2) is 0 Å². The smallest absolute Gasteiger partial charge is 0.119 e. The molecular weight excluding hydrogens is 272 g/mol. The summed E-state index contributed by atoms with van der Waals surface area (Å²) in [7, 11) is 0. The molecule has 0 saturated heterocycles. The third-order valence-electron chi connectivity index (χ3n) is 3.81. The highest BCUT2D eigenvalue weighted by Gasteiger charge is 2.10. The number of aryl methyl sites for hydroxylation is 1. The molecule has 0 bridgehead atoms. The van der Waals surface area contributed by atoms with Crippen molar-refractivity contribution in [2.75, 3.05) is 13.2 Å². The van der Waals surface area contributed by atoms with E-state index in [1.807, 2.05) is 19.1 Å². The maximum atomic E-state index is 5.52. The second-order valence-corrected chi connectivity index (χ2v) is 6.18. The van der Waals surface area contributed by atoms with Crippen LogP contribution in [0.25, 0.3) is 5.69 Å². The van der Waals surface area contributed by atoms with E-state index in [-0.39, 0.29) is 0 Å². The molecule has 0 aliphatic heterocycles. The zero-order chi connectivity index (χ0) is 16.1. The monoisotopic (exact) mass is 300 g/mol. The van der Waals surface area contributed by atoms with Gasteiger partial charge in [0.2, 0.25) is 0 Å².